The third-order valence-corrected chi connectivity index (χ3v) is 1.51. The Morgan fingerprint density at radius 3 is 2.77 bits per heavy atom. The van der Waals surface area contributed by atoms with Crippen LogP contribution in [-0.4, -0.2) is 30.6 Å². The molecule has 72 valence electrons. The van der Waals surface area contributed by atoms with E-state index < -0.39 is 5.60 Å². The van der Waals surface area contributed by atoms with Gasteiger partial charge >= 0.3 is 0 Å². The van der Waals surface area contributed by atoms with Gasteiger partial charge in [-0.3, -0.25) is 4.79 Å². The summed E-state index contributed by atoms with van der Waals surface area (Å²) in [5.41, 5.74) is -0.889. The Labute approximate surface area is 77.3 Å². The summed E-state index contributed by atoms with van der Waals surface area (Å²) in [5, 5.41) is 0. The van der Waals surface area contributed by atoms with E-state index in [9.17, 15) is 9.59 Å². The molecule has 0 bridgehead atoms. The fourth-order valence-electron chi connectivity index (χ4n) is 0.709. The average Bonchev–Trinajstić information content (AvgIpc) is 2.11. The highest BCUT2D eigenvalue weighted by Gasteiger charge is 2.25. The van der Waals surface area contributed by atoms with Crippen LogP contribution in [0, 0.1) is 0 Å². The highest BCUT2D eigenvalue weighted by Crippen LogP contribution is 2.10. The van der Waals surface area contributed by atoms with E-state index in [1.54, 1.807) is 13.8 Å². The van der Waals surface area contributed by atoms with E-state index in [0.717, 1.165) is 0 Å². The van der Waals surface area contributed by atoms with Crippen molar-refractivity contribution in [2.24, 2.45) is 4.99 Å². The van der Waals surface area contributed by atoms with Gasteiger partial charge < -0.3 is 4.74 Å². The van der Waals surface area contributed by atoms with Gasteiger partial charge in [-0.1, -0.05) is 6.58 Å². The normalized spacial score (nSPS) is 10.3. The van der Waals surface area contributed by atoms with Gasteiger partial charge in [0.05, 0.1) is 13.2 Å². The lowest BCUT2D eigenvalue weighted by Crippen LogP contribution is -2.34. The van der Waals surface area contributed by atoms with Crippen molar-refractivity contribution < 1.29 is 14.3 Å². The molecule has 0 aliphatic heterocycles. The number of carbonyl (C=O) groups excluding carboxylic acids is 2. The quantitative estimate of drug-likeness (QED) is 0.266. The highest BCUT2D eigenvalue weighted by molar-refractivity contribution is 5.95. The van der Waals surface area contributed by atoms with Crippen molar-refractivity contribution in [1.82, 2.24) is 0 Å². The summed E-state index contributed by atoms with van der Waals surface area (Å²) in [6.45, 7) is 7.08. The van der Waals surface area contributed by atoms with Crippen LogP contribution in [0.4, 0.5) is 0 Å². The smallest absolute Gasteiger partial charge is 0.235 e. The predicted octanol–water partition coefficient (Wildman–Crippen LogP) is 0.872. The molecule has 0 unspecified atom stereocenters. The standard InChI is InChI=1S/C9H13NO3/c1-4-8(12)9(2,3)13-6-5-10-7-11/h4H,1,5-6H2,2-3H3. The summed E-state index contributed by atoms with van der Waals surface area (Å²) < 4.78 is 5.19. The first-order valence-electron chi connectivity index (χ1n) is 3.89. The van der Waals surface area contributed by atoms with E-state index in [1.807, 2.05) is 0 Å². The fourth-order valence-corrected chi connectivity index (χ4v) is 0.709. The van der Waals surface area contributed by atoms with E-state index in [0.29, 0.717) is 0 Å². The zero-order chi connectivity index (χ0) is 10.3. The molecule has 0 heterocycles. The van der Waals surface area contributed by atoms with Gasteiger partial charge in [-0.25, -0.2) is 9.79 Å². The monoisotopic (exact) mass is 183 g/mol. The topological polar surface area (TPSA) is 55.7 Å². The lowest BCUT2D eigenvalue weighted by Gasteiger charge is -2.21. The maximum atomic E-state index is 11.1. The van der Waals surface area contributed by atoms with Crippen LogP contribution in [-0.2, 0) is 14.3 Å². The van der Waals surface area contributed by atoms with Crippen LogP contribution in [0.5, 0.6) is 0 Å². The average molecular weight is 183 g/mol. The van der Waals surface area contributed by atoms with Gasteiger partial charge in [-0.05, 0) is 19.9 Å². The number of hydrogen-bond donors (Lipinski definition) is 0. The van der Waals surface area contributed by atoms with Crippen molar-refractivity contribution in [1.29, 1.82) is 0 Å². The summed E-state index contributed by atoms with van der Waals surface area (Å²) in [6, 6.07) is 0. The Morgan fingerprint density at radius 1 is 1.69 bits per heavy atom. The molecule has 13 heavy (non-hydrogen) atoms. The second kappa shape index (κ2) is 5.41. The van der Waals surface area contributed by atoms with Crippen molar-refractivity contribution in [3.05, 3.63) is 12.7 Å². The minimum absolute atomic E-state index is 0.192. The van der Waals surface area contributed by atoms with Crippen molar-refractivity contribution in [3.8, 4) is 0 Å². The third kappa shape index (κ3) is 4.35. The Bertz CT molecular complexity index is 239. The molecule has 4 nitrogen and oxygen atoms in total. The molecule has 0 saturated heterocycles. The molecular weight excluding hydrogens is 170 g/mol. The first-order chi connectivity index (χ1) is 6.04. The maximum Gasteiger partial charge on any atom is 0.235 e. The lowest BCUT2D eigenvalue weighted by molar-refractivity contribution is -0.134. The van der Waals surface area contributed by atoms with Crippen LogP contribution >= 0.6 is 0 Å². The highest BCUT2D eigenvalue weighted by atomic mass is 16.5. The van der Waals surface area contributed by atoms with Gasteiger partial charge in [0, 0.05) is 0 Å². The van der Waals surface area contributed by atoms with Gasteiger partial charge in [0.25, 0.3) is 0 Å². The third-order valence-electron chi connectivity index (χ3n) is 1.51. The summed E-state index contributed by atoms with van der Waals surface area (Å²) in [5.74, 6) is -0.192. The van der Waals surface area contributed by atoms with Crippen LogP contribution in [0.1, 0.15) is 13.8 Å². The number of rotatable bonds is 6. The van der Waals surface area contributed by atoms with Gasteiger partial charge in [0.15, 0.2) is 5.78 Å². The van der Waals surface area contributed by atoms with Gasteiger partial charge in [0.2, 0.25) is 6.08 Å². The molecule has 0 atom stereocenters. The summed E-state index contributed by atoms with van der Waals surface area (Å²) in [4.78, 5) is 24.1. The summed E-state index contributed by atoms with van der Waals surface area (Å²) in [7, 11) is 0. The van der Waals surface area contributed by atoms with Crippen LogP contribution in [0.2, 0.25) is 0 Å². The van der Waals surface area contributed by atoms with E-state index in [2.05, 4.69) is 11.6 Å². The van der Waals surface area contributed by atoms with E-state index in [1.165, 1.54) is 12.2 Å². The molecule has 0 fully saturated rings. The van der Waals surface area contributed by atoms with Gasteiger partial charge in [-0.15, -0.1) is 0 Å². The SMILES string of the molecule is C=CC(=O)C(C)(C)OCCN=C=O. The summed E-state index contributed by atoms with van der Waals surface area (Å²) in [6.07, 6.45) is 2.60. The zero-order valence-electron chi connectivity index (χ0n) is 7.87. The minimum atomic E-state index is -0.889. The molecule has 0 aliphatic carbocycles. The first kappa shape index (κ1) is 11.8. The number of isocyanates is 1. The maximum absolute atomic E-state index is 11.1. The Balaban J connectivity index is 3.95. The summed E-state index contributed by atoms with van der Waals surface area (Å²) >= 11 is 0. The molecule has 0 aliphatic rings. The largest absolute Gasteiger partial charge is 0.365 e. The molecule has 0 aromatic heterocycles. The van der Waals surface area contributed by atoms with Gasteiger partial charge in [-0.2, -0.15) is 0 Å². The molecule has 0 aromatic rings. The second-order valence-electron chi connectivity index (χ2n) is 2.90. The van der Waals surface area contributed by atoms with Crippen LogP contribution in [0.3, 0.4) is 0 Å². The van der Waals surface area contributed by atoms with Gasteiger partial charge in [0.1, 0.15) is 5.60 Å². The Hall–Kier alpha value is -1.25. The number of ketones is 1. The van der Waals surface area contributed by atoms with Crippen LogP contribution in [0.25, 0.3) is 0 Å². The predicted molar refractivity (Wildman–Crippen MR) is 48.2 cm³/mol. The molecule has 4 heteroatoms. The van der Waals surface area contributed by atoms with Crippen LogP contribution < -0.4 is 0 Å². The molecule has 0 N–H and O–H groups in total. The zero-order valence-corrected chi connectivity index (χ0v) is 7.87. The molecule has 0 saturated carbocycles. The molecule has 0 radical (unpaired) electrons. The van der Waals surface area contributed by atoms with Crippen molar-refractivity contribution >= 4 is 11.9 Å². The number of ether oxygens (including phenoxy) is 1. The molecule has 0 amide bonds. The second-order valence-corrected chi connectivity index (χ2v) is 2.90. The van der Waals surface area contributed by atoms with E-state index >= 15 is 0 Å². The lowest BCUT2D eigenvalue weighted by atomic mass is 10.0. The van der Waals surface area contributed by atoms with Crippen molar-refractivity contribution in [2.75, 3.05) is 13.2 Å². The van der Waals surface area contributed by atoms with E-state index in [4.69, 9.17) is 4.74 Å². The number of nitrogens with zero attached hydrogens (tertiary/aromatic N) is 1. The van der Waals surface area contributed by atoms with Crippen molar-refractivity contribution in [2.45, 2.75) is 19.4 Å². The molecule has 0 aromatic carbocycles. The number of carbonyl (C=O) groups is 1. The molecule has 0 rings (SSSR count). The number of hydrogen-bond acceptors (Lipinski definition) is 4. The minimum Gasteiger partial charge on any atom is -0.365 e. The number of aliphatic imine (C=N–C) groups is 1. The fraction of sp³-hybridized carbons (Fsp3) is 0.556. The van der Waals surface area contributed by atoms with Crippen molar-refractivity contribution in [3.63, 3.8) is 0 Å². The molecule has 0 spiro atoms. The first-order valence-corrected chi connectivity index (χ1v) is 3.89. The Morgan fingerprint density at radius 2 is 2.31 bits per heavy atom. The van der Waals surface area contributed by atoms with E-state index in [-0.39, 0.29) is 18.9 Å². The van der Waals surface area contributed by atoms with Crippen LogP contribution in [0.15, 0.2) is 17.6 Å². The Kier molecular flexibility index (Phi) is 4.89. The molecular formula is C9H13NO3.